The SMILES string of the molecule is COc1ccc(C=NNC(=O)c2ccc(NC(=O)C3CC3)cc2)cc1. The first-order valence-electron chi connectivity index (χ1n) is 8.04. The predicted molar refractivity (Wildman–Crippen MR) is 95.8 cm³/mol. The molecule has 6 nitrogen and oxygen atoms in total. The summed E-state index contributed by atoms with van der Waals surface area (Å²) >= 11 is 0. The molecule has 0 atom stereocenters. The lowest BCUT2D eigenvalue weighted by molar-refractivity contribution is -0.117. The van der Waals surface area contributed by atoms with E-state index in [4.69, 9.17) is 4.74 Å². The summed E-state index contributed by atoms with van der Waals surface area (Å²) in [7, 11) is 1.60. The molecule has 0 radical (unpaired) electrons. The van der Waals surface area contributed by atoms with Crippen LogP contribution in [0.1, 0.15) is 28.8 Å². The van der Waals surface area contributed by atoms with Crippen LogP contribution in [0.2, 0.25) is 0 Å². The smallest absolute Gasteiger partial charge is 0.271 e. The molecule has 1 aliphatic carbocycles. The Morgan fingerprint density at radius 3 is 2.36 bits per heavy atom. The molecule has 0 bridgehead atoms. The Morgan fingerprint density at radius 1 is 1.08 bits per heavy atom. The molecule has 2 N–H and O–H groups in total. The second kappa shape index (κ2) is 7.61. The van der Waals surface area contributed by atoms with Gasteiger partial charge in [-0.05, 0) is 66.9 Å². The number of amides is 2. The average molecular weight is 337 g/mol. The van der Waals surface area contributed by atoms with Crippen LogP contribution in [0.25, 0.3) is 0 Å². The van der Waals surface area contributed by atoms with Gasteiger partial charge in [0.1, 0.15) is 5.75 Å². The van der Waals surface area contributed by atoms with Gasteiger partial charge in [0.2, 0.25) is 5.91 Å². The third-order valence-electron chi connectivity index (χ3n) is 3.86. The fourth-order valence-electron chi connectivity index (χ4n) is 2.21. The van der Waals surface area contributed by atoms with Gasteiger partial charge in [-0.2, -0.15) is 5.10 Å². The second-order valence-corrected chi connectivity index (χ2v) is 5.81. The molecule has 0 spiro atoms. The van der Waals surface area contributed by atoms with Crippen LogP contribution in [0.3, 0.4) is 0 Å². The van der Waals surface area contributed by atoms with Crippen molar-refractivity contribution in [1.29, 1.82) is 0 Å². The quantitative estimate of drug-likeness (QED) is 0.628. The van der Waals surface area contributed by atoms with Crippen LogP contribution in [0.5, 0.6) is 5.75 Å². The molecule has 25 heavy (non-hydrogen) atoms. The molecule has 0 heterocycles. The van der Waals surface area contributed by atoms with Crippen molar-refractivity contribution in [3.63, 3.8) is 0 Å². The second-order valence-electron chi connectivity index (χ2n) is 5.81. The minimum absolute atomic E-state index is 0.0429. The number of carbonyl (C=O) groups excluding carboxylic acids is 2. The Bertz CT molecular complexity index is 779. The summed E-state index contributed by atoms with van der Waals surface area (Å²) in [5, 5.41) is 6.77. The van der Waals surface area contributed by atoms with Gasteiger partial charge in [-0.3, -0.25) is 9.59 Å². The first-order chi connectivity index (χ1) is 12.2. The molecule has 0 aliphatic heterocycles. The third kappa shape index (κ3) is 4.67. The van der Waals surface area contributed by atoms with Gasteiger partial charge in [0, 0.05) is 17.2 Å². The molecule has 3 rings (SSSR count). The van der Waals surface area contributed by atoms with E-state index in [0.29, 0.717) is 11.3 Å². The number of nitrogens with one attached hydrogen (secondary N) is 2. The molecule has 2 aromatic rings. The molecule has 0 unspecified atom stereocenters. The van der Waals surface area contributed by atoms with Crippen molar-refractivity contribution >= 4 is 23.7 Å². The van der Waals surface area contributed by atoms with Crippen molar-refractivity contribution in [1.82, 2.24) is 5.43 Å². The maximum Gasteiger partial charge on any atom is 0.271 e. The van der Waals surface area contributed by atoms with E-state index in [1.165, 1.54) is 0 Å². The van der Waals surface area contributed by atoms with E-state index in [1.807, 2.05) is 24.3 Å². The van der Waals surface area contributed by atoms with Crippen molar-refractivity contribution in [2.45, 2.75) is 12.8 Å². The summed E-state index contributed by atoms with van der Waals surface area (Å²) in [6, 6.07) is 14.0. The van der Waals surface area contributed by atoms with Crippen LogP contribution in [-0.4, -0.2) is 25.1 Å². The highest BCUT2D eigenvalue weighted by atomic mass is 16.5. The highest BCUT2D eigenvalue weighted by Crippen LogP contribution is 2.30. The van der Waals surface area contributed by atoms with Gasteiger partial charge in [-0.15, -0.1) is 0 Å². The highest BCUT2D eigenvalue weighted by Gasteiger charge is 2.29. The molecule has 128 valence electrons. The number of hydrogen-bond acceptors (Lipinski definition) is 4. The number of carbonyl (C=O) groups is 2. The normalized spacial score (nSPS) is 13.5. The molecule has 1 fully saturated rings. The van der Waals surface area contributed by atoms with Crippen LogP contribution >= 0.6 is 0 Å². The number of benzene rings is 2. The topological polar surface area (TPSA) is 79.8 Å². The maximum atomic E-state index is 12.1. The first-order valence-corrected chi connectivity index (χ1v) is 8.04. The highest BCUT2D eigenvalue weighted by molar-refractivity contribution is 5.97. The van der Waals surface area contributed by atoms with Gasteiger partial charge in [-0.1, -0.05) is 0 Å². The van der Waals surface area contributed by atoms with E-state index in [9.17, 15) is 9.59 Å². The Kier molecular flexibility index (Phi) is 5.09. The lowest BCUT2D eigenvalue weighted by Gasteiger charge is -2.05. The summed E-state index contributed by atoms with van der Waals surface area (Å²) in [4.78, 5) is 23.7. The van der Waals surface area contributed by atoms with Crippen LogP contribution < -0.4 is 15.5 Å². The van der Waals surface area contributed by atoms with Crippen molar-refractivity contribution in [3.05, 3.63) is 59.7 Å². The molecule has 2 amide bonds. The number of anilines is 1. The van der Waals surface area contributed by atoms with Crippen LogP contribution in [0.4, 0.5) is 5.69 Å². The third-order valence-corrected chi connectivity index (χ3v) is 3.86. The largest absolute Gasteiger partial charge is 0.497 e. The van der Waals surface area contributed by atoms with E-state index in [2.05, 4.69) is 15.8 Å². The Morgan fingerprint density at radius 2 is 1.76 bits per heavy atom. The molecular weight excluding hydrogens is 318 g/mol. The lowest BCUT2D eigenvalue weighted by atomic mass is 10.2. The maximum absolute atomic E-state index is 12.1. The standard InChI is InChI=1S/C19H19N3O3/c1-25-17-10-2-13(3-11-17)12-20-22-19(24)15-6-8-16(9-7-15)21-18(23)14-4-5-14/h2-3,6-12,14H,4-5H2,1H3,(H,21,23)(H,22,24). The summed E-state index contributed by atoms with van der Waals surface area (Å²) in [6.45, 7) is 0. The Labute approximate surface area is 145 Å². The van der Waals surface area contributed by atoms with Gasteiger partial charge in [0.05, 0.1) is 13.3 Å². The number of methoxy groups -OCH3 is 1. The number of rotatable bonds is 6. The van der Waals surface area contributed by atoms with Crippen molar-refractivity contribution in [3.8, 4) is 5.75 Å². The van der Waals surface area contributed by atoms with Gasteiger partial charge in [0.25, 0.3) is 5.91 Å². The van der Waals surface area contributed by atoms with Crippen LogP contribution in [-0.2, 0) is 4.79 Å². The molecule has 6 heteroatoms. The minimum Gasteiger partial charge on any atom is -0.497 e. The Hall–Kier alpha value is -3.15. The monoisotopic (exact) mass is 337 g/mol. The summed E-state index contributed by atoms with van der Waals surface area (Å²) in [5.74, 6) is 0.636. The van der Waals surface area contributed by atoms with E-state index < -0.39 is 0 Å². The van der Waals surface area contributed by atoms with Gasteiger partial charge in [0.15, 0.2) is 0 Å². The van der Waals surface area contributed by atoms with Gasteiger partial charge in [-0.25, -0.2) is 5.43 Å². The van der Waals surface area contributed by atoms with Gasteiger partial charge < -0.3 is 10.1 Å². The van der Waals surface area contributed by atoms with E-state index in [0.717, 1.165) is 24.2 Å². The van der Waals surface area contributed by atoms with Crippen LogP contribution in [0.15, 0.2) is 53.6 Å². The van der Waals surface area contributed by atoms with Crippen LogP contribution in [0, 0.1) is 5.92 Å². The van der Waals surface area contributed by atoms with Crippen molar-refractivity contribution in [2.24, 2.45) is 11.0 Å². The molecular formula is C19H19N3O3. The van der Waals surface area contributed by atoms with Crippen molar-refractivity contribution < 1.29 is 14.3 Å². The number of ether oxygens (including phenoxy) is 1. The molecule has 0 aromatic heterocycles. The zero-order valence-corrected chi connectivity index (χ0v) is 13.9. The van der Waals surface area contributed by atoms with E-state index >= 15 is 0 Å². The number of hydrazone groups is 1. The predicted octanol–water partition coefficient (Wildman–Crippen LogP) is 2.81. The van der Waals surface area contributed by atoms with Crippen molar-refractivity contribution in [2.75, 3.05) is 12.4 Å². The average Bonchev–Trinajstić information content (AvgIpc) is 3.48. The molecule has 1 saturated carbocycles. The zero-order chi connectivity index (χ0) is 17.6. The fraction of sp³-hybridized carbons (Fsp3) is 0.211. The molecule has 0 saturated heterocycles. The fourth-order valence-corrected chi connectivity index (χ4v) is 2.21. The lowest BCUT2D eigenvalue weighted by Crippen LogP contribution is -2.18. The summed E-state index contributed by atoms with van der Waals surface area (Å²) < 4.78 is 5.08. The molecule has 1 aliphatic rings. The Balaban J connectivity index is 1.53. The van der Waals surface area contributed by atoms with E-state index in [-0.39, 0.29) is 17.7 Å². The number of hydrogen-bond donors (Lipinski definition) is 2. The summed E-state index contributed by atoms with van der Waals surface area (Å²) in [6.07, 6.45) is 3.47. The van der Waals surface area contributed by atoms with E-state index in [1.54, 1.807) is 37.6 Å². The zero-order valence-electron chi connectivity index (χ0n) is 13.9. The minimum atomic E-state index is -0.315. The summed E-state index contributed by atoms with van der Waals surface area (Å²) in [5.41, 5.74) is 4.48. The number of nitrogens with zero attached hydrogens (tertiary/aromatic N) is 1. The molecule has 2 aromatic carbocycles. The van der Waals surface area contributed by atoms with Gasteiger partial charge >= 0.3 is 0 Å². The first kappa shape index (κ1) is 16.7.